The van der Waals surface area contributed by atoms with Crippen LogP contribution in [0.1, 0.15) is 47.4 Å². The van der Waals surface area contributed by atoms with Gasteiger partial charge in [0.25, 0.3) is 5.91 Å². The van der Waals surface area contributed by atoms with Crippen molar-refractivity contribution in [1.29, 1.82) is 0 Å². The van der Waals surface area contributed by atoms with E-state index in [-0.39, 0.29) is 23.5 Å². The van der Waals surface area contributed by atoms with Crippen LogP contribution in [0.15, 0.2) is 63.9 Å². The maximum absolute atomic E-state index is 12.8. The number of piperidine rings is 1. The largest absolute Gasteiger partial charge is 0.490 e. The van der Waals surface area contributed by atoms with E-state index in [2.05, 4.69) is 27.6 Å². The number of aryl methyl sites for hydroxylation is 1. The maximum Gasteiger partial charge on any atom is 0.360 e. The van der Waals surface area contributed by atoms with Crippen LogP contribution in [0.5, 0.6) is 5.75 Å². The molecule has 2 aromatic carbocycles. The number of amides is 1. The van der Waals surface area contributed by atoms with Crippen molar-refractivity contribution in [3.05, 3.63) is 82.0 Å². The Morgan fingerprint density at radius 3 is 2.67 bits per heavy atom. The minimum absolute atomic E-state index is 0.0431. The zero-order chi connectivity index (χ0) is 25.2. The van der Waals surface area contributed by atoms with Crippen LogP contribution in [0.4, 0.5) is 5.69 Å². The summed E-state index contributed by atoms with van der Waals surface area (Å²) in [4.78, 5) is 27.8. The van der Waals surface area contributed by atoms with Crippen LogP contribution in [0, 0.1) is 6.92 Å². The number of hydrogen-bond acceptors (Lipinski definition) is 7. The van der Waals surface area contributed by atoms with Gasteiger partial charge in [0.2, 0.25) is 0 Å². The normalized spacial score (nSPS) is 15.6. The molecule has 4 aromatic rings. The first-order chi connectivity index (χ1) is 17.4. The molecule has 3 heterocycles. The first kappa shape index (κ1) is 23.7. The lowest BCUT2D eigenvalue weighted by molar-refractivity contribution is 0.102. The molecule has 36 heavy (non-hydrogen) atoms. The molecule has 0 spiro atoms. The average molecular weight is 488 g/mol. The summed E-state index contributed by atoms with van der Waals surface area (Å²) in [7, 11) is 2.11. The van der Waals surface area contributed by atoms with Gasteiger partial charge in [-0.05, 0) is 57.5 Å². The number of benzene rings is 2. The average Bonchev–Trinajstić information content (AvgIpc) is 3.39. The van der Waals surface area contributed by atoms with Crippen molar-refractivity contribution in [3.8, 4) is 5.75 Å². The zero-order valence-electron chi connectivity index (χ0n) is 20.6. The highest BCUT2D eigenvalue weighted by atomic mass is 16.5. The molecule has 0 bridgehead atoms. The van der Waals surface area contributed by atoms with Gasteiger partial charge in [0.1, 0.15) is 23.1 Å². The number of hydrogen-bond donors (Lipinski definition) is 1. The highest BCUT2D eigenvalue weighted by molar-refractivity contribution is 6.03. The Balaban J connectivity index is 1.33. The molecule has 1 amide bonds. The van der Waals surface area contributed by atoms with Crippen LogP contribution in [0.25, 0.3) is 11.0 Å². The van der Waals surface area contributed by atoms with E-state index in [4.69, 9.17) is 9.15 Å². The smallest absolute Gasteiger partial charge is 0.360 e. The molecule has 1 fully saturated rings. The van der Waals surface area contributed by atoms with Crippen molar-refractivity contribution in [2.75, 3.05) is 25.5 Å². The van der Waals surface area contributed by atoms with Crippen LogP contribution >= 0.6 is 0 Å². The van der Waals surface area contributed by atoms with E-state index in [1.165, 1.54) is 0 Å². The second-order valence-corrected chi connectivity index (χ2v) is 9.30. The molecular formula is C27H29N5O4. The Morgan fingerprint density at radius 1 is 1.17 bits per heavy atom. The van der Waals surface area contributed by atoms with Gasteiger partial charge in [-0.15, -0.1) is 5.10 Å². The van der Waals surface area contributed by atoms with Crippen LogP contribution in [-0.2, 0) is 0 Å². The van der Waals surface area contributed by atoms with E-state index in [1.807, 2.05) is 56.3 Å². The molecule has 9 nitrogen and oxygen atoms in total. The molecule has 9 heteroatoms. The van der Waals surface area contributed by atoms with E-state index >= 15 is 0 Å². The molecule has 1 atom stereocenters. The van der Waals surface area contributed by atoms with E-state index in [0.29, 0.717) is 16.7 Å². The number of carbonyl (C=O) groups is 1. The van der Waals surface area contributed by atoms with Crippen molar-refractivity contribution in [1.82, 2.24) is 19.9 Å². The molecule has 2 aromatic heterocycles. The predicted molar refractivity (Wildman–Crippen MR) is 137 cm³/mol. The minimum atomic E-state index is -0.638. The fourth-order valence-electron chi connectivity index (χ4n) is 4.44. The van der Waals surface area contributed by atoms with Crippen molar-refractivity contribution in [3.63, 3.8) is 0 Å². The Bertz CT molecular complexity index is 1440. The van der Waals surface area contributed by atoms with Gasteiger partial charge in [0.05, 0.1) is 12.2 Å². The number of carbonyl (C=O) groups excluding carboxylic acids is 1. The molecule has 5 rings (SSSR count). The van der Waals surface area contributed by atoms with Crippen molar-refractivity contribution >= 4 is 22.6 Å². The van der Waals surface area contributed by atoms with Gasteiger partial charge in [-0.2, -0.15) is 0 Å². The van der Waals surface area contributed by atoms with Gasteiger partial charge < -0.3 is 19.4 Å². The number of aromatic nitrogens is 3. The maximum atomic E-state index is 12.8. The summed E-state index contributed by atoms with van der Waals surface area (Å²) in [5.74, 6) is 0.174. The van der Waals surface area contributed by atoms with Crippen LogP contribution < -0.4 is 15.7 Å². The lowest BCUT2D eigenvalue weighted by atomic mass is 10.1. The summed E-state index contributed by atoms with van der Waals surface area (Å²) in [5, 5.41) is 11.4. The van der Waals surface area contributed by atoms with Crippen LogP contribution in [0.2, 0.25) is 0 Å². The second kappa shape index (κ2) is 9.94. The number of rotatable bonds is 6. The first-order valence-electron chi connectivity index (χ1n) is 12.1. The molecule has 0 aliphatic carbocycles. The Hall–Kier alpha value is -3.98. The number of fused-ring (bicyclic) bond motifs is 1. The SMILES string of the molecule is Cc1c(OC2CCN(C)CC2)ccc2cc(NC(=O)c3cn(C(C)c4ccccc4)nn3)c(=O)oc12. The van der Waals surface area contributed by atoms with Crippen LogP contribution in [-0.4, -0.2) is 52.0 Å². The molecule has 1 unspecified atom stereocenters. The number of nitrogens with one attached hydrogen (secondary N) is 1. The Labute approximate surface area is 208 Å². The van der Waals surface area contributed by atoms with E-state index in [0.717, 1.165) is 37.1 Å². The fraction of sp³-hybridized carbons (Fsp3) is 0.333. The molecule has 1 N–H and O–H groups in total. The van der Waals surface area contributed by atoms with Gasteiger partial charge >= 0.3 is 5.63 Å². The molecule has 0 saturated carbocycles. The van der Waals surface area contributed by atoms with E-state index < -0.39 is 11.5 Å². The number of anilines is 1. The topological polar surface area (TPSA) is 102 Å². The quantitative estimate of drug-likeness (QED) is 0.410. The van der Waals surface area contributed by atoms with Crippen molar-refractivity contribution in [2.45, 2.75) is 38.8 Å². The summed E-state index contributed by atoms with van der Waals surface area (Å²) < 4.78 is 13.4. The first-order valence-corrected chi connectivity index (χ1v) is 12.1. The zero-order valence-corrected chi connectivity index (χ0v) is 20.6. The molecule has 186 valence electrons. The van der Waals surface area contributed by atoms with Gasteiger partial charge in [-0.25, -0.2) is 9.48 Å². The molecule has 1 aliphatic heterocycles. The van der Waals surface area contributed by atoms with Gasteiger partial charge in [0.15, 0.2) is 5.69 Å². The molecular weight excluding hydrogens is 458 g/mol. The highest BCUT2D eigenvalue weighted by Gasteiger charge is 2.21. The van der Waals surface area contributed by atoms with Gasteiger partial charge in [-0.3, -0.25) is 4.79 Å². The minimum Gasteiger partial charge on any atom is -0.490 e. The number of likely N-dealkylation sites (tertiary alicyclic amines) is 1. The monoisotopic (exact) mass is 487 g/mol. The molecule has 0 radical (unpaired) electrons. The third-order valence-corrected chi connectivity index (χ3v) is 6.73. The van der Waals surface area contributed by atoms with Gasteiger partial charge in [-0.1, -0.05) is 35.5 Å². The molecule has 1 saturated heterocycles. The summed E-state index contributed by atoms with van der Waals surface area (Å²) in [5.41, 5.74) is 1.77. The summed E-state index contributed by atoms with van der Waals surface area (Å²) >= 11 is 0. The number of nitrogens with zero attached hydrogens (tertiary/aromatic N) is 4. The third kappa shape index (κ3) is 4.87. The van der Waals surface area contributed by atoms with E-state index in [1.54, 1.807) is 16.9 Å². The third-order valence-electron chi connectivity index (χ3n) is 6.73. The summed E-state index contributed by atoms with van der Waals surface area (Å²) in [6, 6.07) is 15.0. The number of ether oxygens (including phenoxy) is 1. The Morgan fingerprint density at radius 2 is 1.92 bits per heavy atom. The van der Waals surface area contributed by atoms with Gasteiger partial charge in [0, 0.05) is 24.0 Å². The standard InChI is InChI=1S/C27H29N5O4/c1-17-24(35-21-11-13-31(3)14-12-21)10-9-20-15-22(27(34)36-25(17)20)28-26(33)23-16-32(30-29-23)18(2)19-7-5-4-6-8-19/h4-10,15-16,18,21H,11-14H2,1-3H3,(H,28,33). The lowest BCUT2D eigenvalue weighted by Gasteiger charge is -2.29. The second-order valence-electron chi connectivity index (χ2n) is 9.30. The lowest BCUT2D eigenvalue weighted by Crippen LogP contribution is -2.35. The highest BCUT2D eigenvalue weighted by Crippen LogP contribution is 2.30. The van der Waals surface area contributed by atoms with E-state index in [9.17, 15) is 9.59 Å². The van der Waals surface area contributed by atoms with Crippen LogP contribution in [0.3, 0.4) is 0 Å². The van der Waals surface area contributed by atoms with Crippen molar-refractivity contribution < 1.29 is 13.9 Å². The Kier molecular flexibility index (Phi) is 6.56. The fourth-order valence-corrected chi connectivity index (χ4v) is 4.44. The van der Waals surface area contributed by atoms with Crippen molar-refractivity contribution in [2.24, 2.45) is 0 Å². The summed E-state index contributed by atoms with van der Waals surface area (Å²) in [6.07, 6.45) is 3.61. The summed E-state index contributed by atoms with van der Waals surface area (Å²) in [6.45, 7) is 5.83. The predicted octanol–water partition coefficient (Wildman–Crippen LogP) is 4.03. The molecule has 1 aliphatic rings.